The maximum atomic E-state index is 12.0. The van der Waals surface area contributed by atoms with Crippen molar-refractivity contribution in [3.05, 3.63) is 42.2 Å². The molecule has 0 atom stereocenters. The highest BCUT2D eigenvalue weighted by Crippen LogP contribution is 2.27. The third-order valence-electron chi connectivity index (χ3n) is 3.50. The average Bonchev–Trinajstić information content (AvgIpc) is 2.99. The number of carbonyl (C=O) groups excluding carboxylic acids is 2. The van der Waals surface area contributed by atoms with Crippen LogP contribution >= 0.6 is 11.8 Å². The summed E-state index contributed by atoms with van der Waals surface area (Å²) in [4.78, 5) is 28.1. The molecule has 0 aliphatic carbocycles. The molecule has 1 aromatic carbocycles. The molecule has 0 unspecified atom stereocenters. The topological polar surface area (TPSA) is 76.0 Å². The van der Waals surface area contributed by atoms with E-state index in [4.69, 9.17) is 0 Å². The first-order valence-corrected chi connectivity index (χ1v) is 9.53. The highest BCUT2D eigenvalue weighted by Gasteiger charge is 2.17. The van der Waals surface area contributed by atoms with Crippen LogP contribution in [0.25, 0.3) is 5.69 Å². The van der Waals surface area contributed by atoms with Crippen molar-refractivity contribution in [3.8, 4) is 5.69 Å². The number of urea groups is 1. The van der Waals surface area contributed by atoms with Gasteiger partial charge in [0, 0.05) is 17.9 Å². The number of aromatic nitrogens is 2. The van der Waals surface area contributed by atoms with Crippen LogP contribution in [0.3, 0.4) is 0 Å². The van der Waals surface area contributed by atoms with Gasteiger partial charge < -0.3 is 5.32 Å². The number of thioether (sulfide) groups is 1. The molecule has 1 heterocycles. The van der Waals surface area contributed by atoms with Crippen LogP contribution in [0.5, 0.6) is 0 Å². The zero-order valence-electron chi connectivity index (χ0n) is 15.9. The molecule has 2 aromatic rings. The molecule has 1 aromatic heterocycles. The quantitative estimate of drug-likeness (QED) is 0.782. The minimum atomic E-state index is -0.489. The number of amides is 3. The molecule has 0 bridgehead atoms. The Kier molecular flexibility index (Phi) is 6.47. The van der Waals surface area contributed by atoms with Crippen molar-refractivity contribution in [3.63, 3.8) is 0 Å². The normalized spacial score (nSPS) is 11.5. The van der Waals surface area contributed by atoms with Gasteiger partial charge in [0.05, 0.1) is 11.4 Å². The SMILES string of the molecule is CC(C)c1ccccc1-n1ccnc1SCC(=O)NC(=O)NC(C)(C)C. The Hall–Kier alpha value is -2.28. The molecule has 2 rings (SSSR count). The van der Waals surface area contributed by atoms with Gasteiger partial charge in [0.2, 0.25) is 5.91 Å². The molecule has 7 heteroatoms. The second kappa shape index (κ2) is 8.40. The van der Waals surface area contributed by atoms with E-state index >= 15 is 0 Å². The Morgan fingerprint density at radius 1 is 1.23 bits per heavy atom. The molecular formula is C19H26N4O2S. The van der Waals surface area contributed by atoms with Crippen molar-refractivity contribution in [1.29, 1.82) is 0 Å². The number of hydrogen-bond donors (Lipinski definition) is 2. The number of benzene rings is 1. The Labute approximate surface area is 158 Å². The first-order valence-electron chi connectivity index (χ1n) is 8.55. The van der Waals surface area contributed by atoms with Crippen LogP contribution in [0.15, 0.2) is 41.8 Å². The van der Waals surface area contributed by atoms with E-state index in [2.05, 4.69) is 35.5 Å². The van der Waals surface area contributed by atoms with Gasteiger partial charge in [-0.05, 0) is 38.3 Å². The van der Waals surface area contributed by atoms with E-state index in [9.17, 15) is 9.59 Å². The highest BCUT2D eigenvalue weighted by molar-refractivity contribution is 7.99. The fourth-order valence-corrected chi connectivity index (χ4v) is 3.21. The number of nitrogens with one attached hydrogen (secondary N) is 2. The number of imide groups is 1. The standard InChI is InChI=1S/C19H26N4O2S/c1-13(2)14-8-6-7-9-15(14)23-11-10-20-18(23)26-12-16(24)21-17(25)22-19(3,4)5/h6-11,13H,12H2,1-5H3,(H2,21,22,24,25). The molecule has 3 amide bonds. The van der Waals surface area contributed by atoms with Crippen molar-refractivity contribution in [1.82, 2.24) is 20.2 Å². The predicted octanol–water partition coefficient (Wildman–Crippen LogP) is 3.71. The lowest BCUT2D eigenvalue weighted by Gasteiger charge is -2.20. The number of rotatable bonds is 5. The van der Waals surface area contributed by atoms with Crippen molar-refractivity contribution < 1.29 is 9.59 Å². The van der Waals surface area contributed by atoms with Gasteiger partial charge >= 0.3 is 6.03 Å². The summed E-state index contributed by atoms with van der Waals surface area (Å²) in [6, 6.07) is 7.65. The third kappa shape index (κ3) is 5.62. The first-order chi connectivity index (χ1) is 12.2. The number of imidazole rings is 1. The summed E-state index contributed by atoms with van der Waals surface area (Å²) >= 11 is 1.30. The minimum Gasteiger partial charge on any atom is -0.333 e. The van der Waals surface area contributed by atoms with Crippen LogP contribution in [0.2, 0.25) is 0 Å². The van der Waals surface area contributed by atoms with E-state index < -0.39 is 11.6 Å². The summed E-state index contributed by atoms with van der Waals surface area (Å²) < 4.78 is 1.97. The molecule has 0 aliphatic heterocycles. The monoisotopic (exact) mass is 374 g/mol. The smallest absolute Gasteiger partial charge is 0.321 e. The molecule has 0 aliphatic rings. The van der Waals surface area contributed by atoms with Gasteiger partial charge in [-0.25, -0.2) is 9.78 Å². The Morgan fingerprint density at radius 2 is 1.92 bits per heavy atom. The Balaban J connectivity index is 2.04. The molecule has 2 N–H and O–H groups in total. The minimum absolute atomic E-state index is 0.110. The molecule has 140 valence electrons. The van der Waals surface area contributed by atoms with Crippen molar-refractivity contribution >= 4 is 23.7 Å². The number of para-hydroxylation sites is 1. The van der Waals surface area contributed by atoms with Crippen molar-refractivity contribution in [2.75, 3.05) is 5.75 Å². The molecular weight excluding hydrogens is 348 g/mol. The van der Waals surface area contributed by atoms with Crippen LogP contribution in [-0.2, 0) is 4.79 Å². The second-order valence-corrected chi connectivity index (χ2v) is 8.28. The van der Waals surface area contributed by atoms with Gasteiger partial charge in [0.1, 0.15) is 0 Å². The van der Waals surface area contributed by atoms with Crippen LogP contribution in [0.4, 0.5) is 4.79 Å². The lowest BCUT2D eigenvalue weighted by atomic mass is 10.0. The van der Waals surface area contributed by atoms with E-state index in [1.807, 2.05) is 49.7 Å². The average molecular weight is 375 g/mol. The molecule has 0 saturated carbocycles. The molecule has 6 nitrogen and oxygen atoms in total. The fourth-order valence-electron chi connectivity index (χ4n) is 2.44. The van der Waals surface area contributed by atoms with E-state index in [0.717, 1.165) is 5.69 Å². The molecule has 0 fully saturated rings. The summed E-state index contributed by atoms with van der Waals surface area (Å²) in [5, 5.41) is 5.75. The summed E-state index contributed by atoms with van der Waals surface area (Å²) in [6.45, 7) is 9.85. The lowest BCUT2D eigenvalue weighted by Crippen LogP contribution is -2.48. The summed E-state index contributed by atoms with van der Waals surface area (Å²) in [5.41, 5.74) is 1.86. The maximum Gasteiger partial charge on any atom is 0.321 e. The fraction of sp³-hybridized carbons (Fsp3) is 0.421. The summed E-state index contributed by atoms with van der Waals surface area (Å²) in [5.74, 6) is 0.123. The van der Waals surface area contributed by atoms with Crippen LogP contribution < -0.4 is 10.6 Å². The van der Waals surface area contributed by atoms with Gasteiger partial charge in [0.25, 0.3) is 0 Å². The van der Waals surface area contributed by atoms with Gasteiger partial charge in [-0.2, -0.15) is 0 Å². The van der Waals surface area contributed by atoms with Gasteiger partial charge in [0.15, 0.2) is 5.16 Å². The van der Waals surface area contributed by atoms with Crippen molar-refractivity contribution in [2.45, 2.75) is 51.2 Å². The van der Waals surface area contributed by atoms with Crippen LogP contribution in [-0.4, -0.2) is 32.8 Å². The largest absolute Gasteiger partial charge is 0.333 e. The zero-order chi connectivity index (χ0) is 19.3. The van der Waals surface area contributed by atoms with E-state index in [0.29, 0.717) is 11.1 Å². The van der Waals surface area contributed by atoms with E-state index in [1.54, 1.807) is 6.20 Å². The second-order valence-electron chi connectivity index (χ2n) is 7.33. The first kappa shape index (κ1) is 20.0. The third-order valence-corrected chi connectivity index (χ3v) is 4.47. The number of nitrogens with zero attached hydrogens (tertiary/aromatic N) is 2. The Bertz CT molecular complexity index is 778. The molecule has 0 radical (unpaired) electrons. The highest BCUT2D eigenvalue weighted by atomic mass is 32.2. The number of hydrogen-bond acceptors (Lipinski definition) is 4. The van der Waals surface area contributed by atoms with E-state index in [1.165, 1.54) is 17.3 Å². The zero-order valence-corrected chi connectivity index (χ0v) is 16.7. The van der Waals surface area contributed by atoms with Crippen LogP contribution in [0.1, 0.15) is 46.1 Å². The van der Waals surface area contributed by atoms with Crippen molar-refractivity contribution in [2.24, 2.45) is 0 Å². The molecule has 0 saturated heterocycles. The molecule has 0 spiro atoms. The molecule has 26 heavy (non-hydrogen) atoms. The number of carbonyl (C=O) groups is 2. The van der Waals surface area contributed by atoms with Gasteiger partial charge in [-0.15, -0.1) is 0 Å². The Morgan fingerprint density at radius 3 is 2.58 bits per heavy atom. The van der Waals surface area contributed by atoms with E-state index in [-0.39, 0.29) is 11.7 Å². The van der Waals surface area contributed by atoms with Gasteiger partial charge in [-0.3, -0.25) is 14.7 Å². The summed E-state index contributed by atoms with van der Waals surface area (Å²) in [6.07, 6.45) is 3.59. The van der Waals surface area contributed by atoms with Gasteiger partial charge in [-0.1, -0.05) is 43.8 Å². The maximum absolute atomic E-state index is 12.0. The van der Waals surface area contributed by atoms with Crippen LogP contribution in [0, 0.1) is 0 Å². The lowest BCUT2D eigenvalue weighted by molar-refractivity contribution is -0.117. The predicted molar refractivity (Wildman–Crippen MR) is 105 cm³/mol. The summed E-state index contributed by atoms with van der Waals surface area (Å²) in [7, 11) is 0.